The number of rotatable bonds is 2. The average Bonchev–Trinajstić information content (AvgIpc) is 3.55. The van der Waals surface area contributed by atoms with Gasteiger partial charge in [0.25, 0.3) is 0 Å². The molecule has 0 saturated heterocycles. The Morgan fingerprint density at radius 2 is 1.42 bits per heavy atom. The maximum atomic E-state index is 5.09. The van der Waals surface area contributed by atoms with E-state index in [-0.39, 0.29) is 0 Å². The third-order valence-electron chi connectivity index (χ3n) is 7.60. The largest absolute Gasteiger partial charge is 0.313 e. The van der Waals surface area contributed by atoms with Crippen LogP contribution in [0.3, 0.4) is 0 Å². The molecule has 0 spiro atoms. The monoisotopic (exact) mass is 464 g/mol. The molecule has 7 aromatic rings. The molecule has 4 aromatic carbocycles. The van der Waals surface area contributed by atoms with E-state index in [2.05, 4.69) is 124 Å². The third-order valence-corrected chi connectivity index (χ3v) is 7.60. The molecule has 0 saturated carbocycles. The fraction of sp³-hybridized carbons (Fsp3) is 0.0938. The van der Waals surface area contributed by atoms with Gasteiger partial charge in [-0.15, -0.1) is 0 Å². The van der Waals surface area contributed by atoms with Gasteiger partial charge in [0.2, 0.25) is 5.78 Å². The number of aryl methyl sites for hydroxylation is 1. The highest BCUT2D eigenvalue weighted by molar-refractivity contribution is 6.00. The highest BCUT2D eigenvalue weighted by atomic mass is 15.2. The van der Waals surface area contributed by atoms with Crippen LogP contribution in [0, 0.1) is 6.92 Å². The molecule has 0 amide bonds. The average molecular weight is 465 g/mol. The summed E-state index contributed by atoms with van der Waals surface area (Å²) in [5, 5.41) is 1.30. The van der Waals surface area contributed by atoms with Crippen molar-refractivity contribution in [3.8, 4) is 5.69 Å². The van der Waals surface area contributed by atoms with Crippen LogP contribution >= 0.6 is 0 Å². The quantitative estimate of drug-likeness (QED) is 0.258. The van der Waals surface area contributed by atoms with E-state index in [0.717, 1.165) is 29.7 Å². The second-order valence-electron chi connectivity index (χ2n) is 9.75. The second kappa shape index (κ2) is 7.22. The van der Waals surface area contributed by atoms with Gasteiger partial charge in [-0.3, -0.25) is 8.97 Å². The summed E-state index contributed by atoms with van der Waals surface area (Å²) >= 11 is 0. The molecule has 0 unspecified atom stereocenters. The minimum absolute atomic E-state index is 0.951. The highest BCUT2D eigenvalue weighted by Crippen LogP contribution is 2.39. The lowest BCUT2D eigenvalue weighted by Gasteiger charge is -2.19. The number of fused-ring (bicyclic) bond motifs is 8. The van der Waals surface area contributed by atoms with Crippen LogP contribution in [0.25, 0.3) is 56.2 Å². The Bertz CT molecular complexity index is 2010. The molecule has 0 aliphatic heterocycles. The Morgan fingerprint density at radius 3 is 2.28 bits per heavy atom. The molecule has 1 aliphatic rings. The first-order chi connectivity index (χ1) is 17.8. The van der Waals surface area contributed by atoms with Crippen molar-refractivity contribution in [1.29, 1.82) is 0 Å². The maximum absolute atomic E-state index is 5.09. The van der Waals surface area contributed by atoms with Crippen molar-refractivity contribution in [3.63, 3.8) is 0 Å². The van der Waals surface area contributed by atoms with Crippen molar-refractivity contribution >= 4 is 50.5 Å². The molecule has 172 valence electrons. The maximum Gasteiger partial charge on any atom is 0.220 e. The number of imidazole rings is 2. The van der Waals surface area contributed by atoms with Gasteiger partial charge in [0, 0.05) is 28.0 Å². The molecule has 0 fully saturated rings. The lowest BCUT2D eigenvalue weighted by Crippen LogP contribution is -2.08. The molecule has 0 N–H and O–H groups in total. The Balaban J connectivity index is 1.43. The number of para-hydroxylation sites is 5. The first-order valence-corrected chi connectivity index (χ1v) is 12.5. The van der Waals surface area contributed by atoms with E-state index in [1.807, 2.05) is 0 Å². The number of aromatic nitrogens is 4. The van der Waals surface area contributed by atoms with Gasteiger partial charge in [-0.25, -0.2) is 4.98 Å². The zero-order valence-electron chi connectivity index (χ0n) is 20.0. The fourth-order valence-electron chi connectivity index (χ4n) is 6.08. The standard InChI is InChI=1S/C32H24N4/c1-21-9-8-10-22(19-21)34-27-13-4-2-11-24(27)25-20-23(17-18-28(25)34)35-30-15-6-7-16-31(30)36-29-14-5-3-12-26(29)33-32(35)36/h2-16,19-20H,17-18H2,1H3. The van der Waals surface area contributed by atoms with E-state index < -0.39 is 0 Å². The van der Waals surface area contributed by atoms with Crippen LogP contribution in [0.2, 0.25) is 0 Å². The van der Waals surface area contributed by atoms with Crippen molar-refractivity contribution in [3.05, 3.63) is 114 Å². The van der Waals surface area contributed by atoms with Crippen molar-refractivity contribution in [2.45, 2.75) is 19.8 Å². The van der Waals surface area contributed by atoms with E-state index >= 15 is 0 Å². The van der Waals surface area contributed by atoms with E-state index in [9.17, 15) is 0 Å². The summed E-state index contributed by atoms with van der Waals surface area (Å²) in [5.41, 5.74) is 12.3. The zero-order chi connectivity index (χ0) is 23.8. The zero-order valence-corrected chi connectivity index (χ0v) is 20.0. The van der Waals surface area contributed by atoms with Crippen LogP contribution < -0.4 is 0 Å². The number of hydrogen-bond donors (Lipinski definition) is 0. The molecule has 4 nitrogen and oxygen atoms in total. The fourth-order valence-corrected chi connectivity index (χ4v) is 6.08. The molecule has 1 aliphatic carbocycles. The SMILES string of the molecule is Cc1cccc(-n2c3c(c4ccccc42)C=C(n2c4ccccc4n4c5ccccc5nc24)CC3)c1. The Morgan fingerprint density at radius 1 is 0.667 bits per heavy atom. The van der Waals surface area contributed by atoms with Crippen LogP contribution in [0.5, 0.6) is 0 Å². The number of allylic oxidation sites excluding steroid dienone is 1. The predicted octanol–water partition coefficient (Wildman–Crippen LogP) is 7.64. The summed E-state index contributed by atoms with van der Waals surface area (Å²) in [6.45, 7) is 2.16. The van der Waals surface area contributed by atoms with Crippen molar-refractivity contribution in [2.24, 2.45) is 0 Å². The van der Waals surface area contributed by atoms with Gasteiger partial charge in [0.05, 0.1) is 27.6 Å². The first-order valence-electron chi connectivity index (χ1n) is 12.5. The van der Waals surface area contributed by atoms with E-state index in [0.29, 0.717) is 0 Å². The number of benzene rings is 4. The second-order valence-corrected chi connectivity index (χ2v) is 9.75. The van der Waals surface area contributed by atoms with E-state index in [1.54, 1.807) is 0 Å². The van der Waals surface area contributed by atoms with Crippen LogP contribution in [0.4, 0.5) is 0 Å². The van der Waals surface area contributed by atoms with Crippen molar-refractivity contribution in [2.75, 3.05) is 0 Å². The first kappa shape index (κ1) is 19.7. The summed E-state index contributed by atoms with van der Waals surface area (Å²) in [7, 11) is 0. The highest BCUT2D eigenvalue weighted by Gasteiger charge is 2.24. The minimum Gasteiger partial charge on any atom is -0.313 e. The Hall–Kier alpha value is -4.57. The molecular formula is C32H24N4. The molecule has 0 atom stereocenters. The summed E-state index contributed by atoms with van der Waals surface area (Å²) in [5.74, 6) is 0.981. The van der Waals surface area contributed by atoms with Gasteiger partial charge < -0.3 is 4.57 Å². The van der Waals surface area contributed by atoms with Crippen LogP contribution in [-0.2, 0) is 6.42 Å². The molecule has 0 radical (unpaired) electrons. The van der Waals surface area contributed by atoms with E-state index in [4.69, 9.17) is 4.98 Å². The van der Waals surface area contributed by atoms with Crippen LogP contribution in [-0.4, -0.2) is 18.5 Å². The van der Waals surface area contributed by atoms with Gasteiger partial charge in [-0.05, 0) is 73.9 Å². The molecule has 3 heterocycles. The van der Waals surface area contributed by atoms with Gasteiger partial charge in [-0.1, -0.05) is 54.6 Å². The van der Waals surface area contributed by atoms with Gasteiger partial charge in [-0.2, -0.15) is 0 Å². The van der Waals surface area contributed by atoms with Gasteiger partial charge in [0.1, 0.15) is 0 Å². The molecule has 36 heavy (non-hydrogen) atoms. The van der Waals surface area contributed by atoms with E-state index in [1.165, 1.54) is 50.1 Å². The smallest absolute Gasteiger partial charge is 0.220 e. The lowest BCUT2D eigenvalue weighted by atomic mass is 9.99. The number of hydrogen-bond acceptors (Lipinski definition) is 1. The normalized spacial score (nSPS) is 13.6. The topological polar surface area (TPSA) is 27.2 Å². The minimum atomic E-state index is 0.951. The molecule has 0 bridgehead atoms. The summed E-state index contributed by atoms with van der Waals surface area (Å²) in [6.07, 6.45) is 4.33. The van der Waals surface area contributed by atoms with Gasteiger partial charge >= 0.3 is 0 Å². The summed E-state index contributed by atoms with van der Waals surface area (Å²) < 4.78 is 7.13. The molecule has 4 heteroatoms. The van der Waals surface area contributed by atoms with Crippen LogP contribution in [0.15, 0.2) is 97.1 Å². The Kier molecular flexibility index (Phi) is 3.95. The third kappa shape index (κ3) is 2.61. The summed E-state index contributed by atoms with van der Waals surface area (Å²) in [4.78, 5) is 5.09. The predicted molar refractivity (Wildman–Crippen MR) is 149 cm³/mol. The van der Waals surface area contributed by atoms with Crippen molar-refractivity contribution in [1.82, 2.24) is 18.5 Å². The molecule has 3 aromatic heterocycles. The molecular weight excluding hydrogens is 440 g/mol. The number of nitrogens with zero attached hydrogens (tertiary/aromatic N) is 4. The summed E-state index contributed by atoms with van der Waals surface area (Å²) in [6, 6.07) is 34.7. The van der Waals surface area contributed by atoms with Crippen molar-refractivity contribution < 1.29 is 0 Å². The Labute approximate surface area is 208 Å². The van der Waals surface area contributed by atoms with Gasteiger partial charge in [0.15, 0.2) is 0 Å². The van der Waals surface area contributed by atoms with Crippen LogP contribution in [0.1, 0.15) is 23.2 Å². The lowest BCUT2D eigenvalue weighted by molar-refractivity contribution is 0.869. The molecule has 8 rings (SSSR count).